The van der Waals surface area contributed by atoms with Gasteiger partial charge in [-0.3, -0.25) is 4.57 Å². The Bertz CT molecular complexity index is 401. The van der Waals surface area contributed by atoms with Crippen molar-refractivity contribution in [3.63, 3.8) is 0 Å². The number of hydrogen-bond donors (Lipinski definition) is 2. The quantitative estimate of drug-likeness (QED) is 0.709. The molecule has 2 N–H and O–H groups in total. The Hall–Kier alpha value is -0.750. The van der Waals surface area contributed by atoms with Crippen LogP contribution in [-0.2, 0) is 6.54 Å². The molecule has 0 spiro atoms. The molecule has 0 saturated heterocycles. The summed E-state index contributed by atoms with van der Waals surface area (Å²) in [4.78, 5) is 11.4. The molecule has 0 amide bonds. The van der Waals surface area contributed by atoms with E-state index in [0.29, 0.717) is 17.8 Å². The zero-order chi connectivity index (χ0) is 13.5. The number of thioether (sulfide) groups is 1. The lowest BCUT2D eigenvalue weighted by Crippen LogP contribution is -2.29. The zero-order valence-electron chi connectivity index (χ0n) is 11.7. The summed E-state index contributed by atoms with van der Waals surface area (Å²) >= 11 is 1.66. The second-order valence-corrected chi connectivity index (χ2v) is 5.98. The van der Waals surface area contributed by atoms with Gasteiger partial charge >= 0.3 is 5.69 Å². The molecule has 0 bridgehead atoms. The second kappa shape index (κ2) is 7.63. The van der Waals surface area contributed by atoms with Crippen LogP contribution in [0.3, 0.4) is 0 Å². The molecule has 1 heterocycles. The SMILES string of the molecule is CCCNC(C)CC(C)Sc1n[nH]c(=O)n1CC. The van der Waals surface area contributed by atoms with Crippen LogP contribution in [0.1, 0.15) is 40.5 Å². The summed E-state index contributed by atoms with van der Waals surface area (Å²) in [5, 5.41) is 11.3. The number of nitrogens with one attached hydrogen (secondary N) is 2. The summed E-state index contributed by atoms with van der Waals surface area (Å²) in [5.41, 5.74) is -0.121. The van der Waals surface area contributed by atoms with Gasteiger partial charge < -0.3 is 5.32 Å². The van der Waals surface area contributed by atoms with E-state index in [4.69, 9.17) is 0 Å². The Morgan fingerprint density at radius 3 is 2.78 bits per heavy atom. The molecule has 2 unspecified atom stereocenters. The summed E-state index contributed by atoms with van der Waals surface area (Å²) in [6.07, 6.45) is 2.22. The van der Waals surface area contributed by atoms with Gasteiger partial charge in [0.25, 0.3) is 0 Å². The minimum Gasteiger partial charge on any atom is -0.314 e. The van der Waals surface area contributed by atoms with E-state index in [9.17, 15) is 4.79 Å². The molecule has 0 radical (unpaired) electrons. The molecule has 0 aliphatic carbocycles. The first-order valence-electron chi connectivity index (χ1n) is 6.63. The van der Waals surface area contributed by atoms with Gasteiger partial charge in [0.2, 0.25) is 0 Å². The second-order valence-electron chi connectivity index (χ2n) is 4.57. The number of aromatic amines is 1. The molecular formula is C12H24N4OS. The van der Waals surface area contributed by atoms with Gasteiger partial charge in [-0.1, -0.05) is 25.6 Å². The Morgan fingerprint density at radius 1 is 1.44 bits per heavy atom. The highest BCUT2D eigenvalue weighted by molar-refractivity contribution is 7.99. The Labute approximate surface area is 113 Å². The summed E-state index contributed by atoms with van der Waals surface area (Å²) < 4.78 is 1.67. The van der Waals surface area contributed by atoms with Gasteiger partial charge in [0.15, 0.2) is 5.16 Å². The fourth-order valence-electron chi connectivity index (χ4n) is 1.87. The molecule has 0 saturated carbocycles. The summed E-state index contributed by atoms with van der Waals surface area (Å²) in [6.45, 7) is 10.2. The molecule has 18 heavy (non-hydrogen) atoms. The first kappa shape index (κ1) is 15.3. The predicted molar refractivity (Wildman–Crippen MR) is 76.2 cm³/mol. The van der Waals surface area contributed by atoms with Crippen LogP contribution in [0.4, 0.5) is 0 Å². The molecule has 104 valence electrons. The van der Waals surface area contributed by atoms with Crippen LogP contribution < -0.4 is 11.0 Å². The maximum absolute atomic E-state index is 11.4. The summed E-state index contributed by atoms with van der Waals surface area (Å²) in [6, 6.07) is 0.494. The third-order valence-corrected chi connectivity index (χ3v) is 3.89. The largest absolute Gasteiger partial charge is 0.343 e. The molecule has 5 nitrogen and oxygen atoms in total. The van der Waals surface area contributed by atoms with E-state index < -0.39 is 0 Å². The number of aromatic nitrogens is 3. The normalized spacial score (nSPS) is 14.7. The van der Waals surface area contributed by atoms with Crippen molar-refractivity contribution < 1.29 is 0 Å². The van der Waals surface area contributed by atoms with Crippen molar-refractivity contribution in [2.24, 2.45) is 0 Å². The Kier molecular flexibility index (Phi) is 6.49. The fourth-order valence-corrected chi connectivity index (χ4v) is 3.05. The average Bonchev–Trinajstić information content (AvgIpc) is 2.67. The van der Waals surface area contributed by atoms with Gasteiger partial charge in [-0.2, -0.15) is 0 Å². The maximum Gasteiger partial charge on any atom is 0.343 e. The highest BCUT2D eigenvalue weighted by Crippen LogP contribution is 2.23. The highest BCUT2D eigenvalue weighted by Gasteiger charge is 2.14. The van der Waals surface area contributed by atoms with Crippen molar-refractivity contribution in [1.82, 2.24) is 20.1 Å². The molecule has 6 heteroatoms. The lowest BCUT2D eigenvalue weighted by Gasteiger charge is -2.17. The van der Waals surface area contributed by atoms with E-state index >= 15 is 0 Å². The first-order valence-corrected chi connectivity index (χ1v) is 7.51. The molecule has 0 fully saturated rings. The van der Waals surface area contributed by atoms with Crippen LogP contribution in [0.25, 0.3) is 0 Å². The number of hydrogen-bond acceptors (Lipinski definition) is 4. The van der Waals surface area contributed by atoms with Gasteiger partial charge in [0.1, 0.15) is 0 Å². The van der Waals surface area contributed by atoms with Crippen molar-refractivity contribution >= 4 is 11.8 Å². The molecule has 0 aliphatic rings. The smallest absolute Gasteiger partial charge is 0.314 e. The van der Waals surface area contributed by atoms with Crippen LogP contribution >= 0.6 is 11.8 Å². The van der Waals surface area contributed by atoms with Crippen LogP contribution in [0.15, 0.2) is 9.95 Å². The fraction of sp³-hybridized carbons (Fsp3) is 0.833. The molecule has 2 atom stereocenters. The van der Waals surface area contributed by atoms with Gasteiger partial charge in [0, 0.05) is 17.8 Å². The van der Waals surface area contributed by atoms with Crippen molar-refractivity contribution in [1.29, 1.82) is 0 Å². The molecule has 1 aromatic heterocycles. The molecule has 0 aliphatic heterocycles. The lowest BCUT2D eigenvalue weighted by atomic mass is 10.2. The van der Waals surface area contributed by atoms with Crippen LogP contribution in [0.5, 0.6) is 0 Å². The van der Waals surface area contributed by atoms with Crippen LogP contribution in [-0.4, -0.2) is 32.6 Å². The van der Waals surface area contributed by atoms with E-state index in [2.05, 4.69) is 36.3 Å². The third kappa shape index (κ3) is 4.49. The average molecular weight is 272 g/mol. The topological polar surface area (TPSA) is 62.7 Å². The molecule has 1 rings (SSSR count). The van der Waals surface area contributed by atoms with E-state index in [1.54, 1.807) is 16.3 Å². The minimum absolute atomic E-state index is 0.121. The van der Waals surface area contributed by atoms with Gasteiger partial charge in [-0.25, -0.2) is 9.89 Å². The number of rotatable bonds is 8. The number of H-pyrrole nitrogens is 1. The van der Waals surface area contributed by atoms with Crippen molar-refractivity contribution in [3.8, 4) is 0 Å². The molecular weight excluding hydrogens is 248 g/mol. The third-order valence-electron chi connectivity index (χ3n) is 2.77. The zero-order valence-corrected chi connectivity index (χ0v) is 12.5. The number of nitrogens with zero attached hydrogens (tertiary/aromatic N) is 2. The Morgan fingerprint density at radius 2 is 2.17 bits per heavy atom. The van der Waals surface area contributed by atoms with Gasteiger partial charge in [0.05, 0.1) is 0 Å². The first-order chi connectivity index (χ1) is 8.58. The Balaban J connectivity index is 2.48. The van der Waals surface area contributed by atoms with Crippen LogP contribution in [0.2, 0.25) is 0 Å². The van der Waals surface area contributed by atoms with Gasteiger partial charge in [-0.15, -0.1) is 5.10 Å². The molecule has 1 aromatic rings. The van der Waals surface area contributed by atoms with E-state index in [-0.39, 0.29) is 5.69 Å². The van der Waals surface area contributed by atoms with E-state index in [1.807, 2.05) is 6.92 Å². The maximum atomic E-state index is 11.4. The molecule has 0 aromatic carbocycles. The van der Waals surface area contributed by atoms with Crippen molar-refractivity contribution in [2.75, 3.05) is 6.54 Å². The standard InChI is InChI=1S/C12H24N4OS/c1-5-7-13-9(3)8-10(4)18-12-15-14-11(17)16(12)6-2/h9-10,13H,5-8H2,1-4H3,(H,14,17). The predicted octanol–water partition coefficient (Wildman–Crippen LogP) is 1.85. The highest BCUT2D eigenvalue weighted by atomic mass is 32.2. The van der Waals surface area contributed by atoms with Crippen LogP contribution in [0, 0.1) is 0 Å². The lowest BCUT2D eigenvalue weighted by molar-refractivity contribution is 0.512. The van der Waals surface area contributed by atoms with E-state index in [0.717, 1.165) is 24.5 Å². The van der Waals surface area contributed by atoms with E-state index in [1.165, 1.54) is 0 Å². The summed E-state index contributed by atoms with van der Waals surface area (Å²) in [5.74, 6) is 0. The summed E-state index contributed by atoms with van der Waals surface area (Å²) in [7, 11) is 0. The van der Waals surface area contributed by atoms with Gasteiger partial charge in [-0.05, 0) is 33.2 Å². The monoisotopic (exact) mass is 272 g/mol. The van der Waals surface area contributed by atoms with Crippen molar-refractivity contribution in [3.05, 3.63) is 10.5 Å². The van der Waals surface area contributed by atoms with Crippen molar-refractivity contribution in [2.45, 2.75) is 63.5 Å². The minimum atomic E-state index is -0.121.